The van der Waals surface area contributed by atoms with E-state index in [-0.39, 0.29) is 37.6 Å². The number of rotatable bonds is 8. The van der Waals surface area contributed by atoms with E-state index < -0.39 is 23.6 Å². The van der Waals surface area contributed by atoms with Gasteiger partial charge in [0.25, 0.3) is 0 Å². The maximum Gasteiger partial charge on any atom is 0.407 e. The number of hydrogen-bond acceptors (Lipinski definition) is 5. The Morgan fingerprint density at radius 1 is 0.971 bits per heavy atom. The predicted octanol–water partition coefficient (Wildman–Crippen LogP) is 3.05. The Labute approximate surface area is 197 Å². The molecule has 2 fully saturated rings. The van der Waals surface area contributed by atoms with E-state index in [1.165, 1.54) is 11.1 Å². The molecule has 0 bridgehead atoms. The lowest BCUT2D eigenvalue weighted by molar-refractivity contribution is -0.149. The lowest BCUT2D eigenvalue weighted by Gasteiger charge is -2.19. The molecule has 1 aliphatic heterocycles. The fourth-order valence-electron chi connectivity index (χ4n) is 4.96. The Morgan fingerprint density at radius 3 is 2.21 bits per heavy atom. The summed E-state index contributed by atoms with van der Waals surface area (Å²) in [5.74, 6) is -1.13. The van der Waals surface area contributed by atoms with Crippen LogP contribution in [0.15, 0.2) is 48.5 Å². The minimum absolute atomic E-state index is 0.0163. The van der Waals surface area contributed by atoms with Crippen LogP contribution in [0.5, 0.6) is 0 Å². The molecule has 178 valence electrons. The number of ether oxygens (including phenoxy) is 2. The molecule has 8 heteroatoms. The summed E-state index contributed by atoms with van der Waals surface area (Å²) in [7, 11) is 0. The monoisotopic (exact) mass is 464 g/mol. The van der Waals surface area contributed by atoms with Crippen molar-refractivity contribution in [1.82, 2.24) is 10.6 Å². The summed E-state index contributed by atoms with van der Waals surface area (Å²) < 4.78 is 11.0. The summed E-state index contributed by atoms with van der Waals surface area (Å²) in [6.45, 7) is 0.705. The summed E-state index contributed by atoms with van der Waals surface area (Å²) in [4.78, 5) is 36.1. The van der Waals surface area contributed by atoms with Crippen LogP contribution in [0.4, 0.5) is 4.79 Å². The number of benzene rings is 2. The molecular weight excluding hydrogens is 436 g/mol. The van der Waals surface area contributed by atoms with Gasteiger partial charge >= 0.3 is 12.1 Å². The zero-order valence-corrected chi connectivity index (χ0v) is 18.8. The van der Waals surface area contributed by atoms with Gasteiger partial charge in [-0.05, 0) is 47.9 Å². The molecule has 2 amide bonds. The van der Waals surface area contributed by atoms with Crippen LogP contribution < -0.4 is 10.6 Å². The quantitative estimate of drug-likeness (QED) is 0.553. The Balaban J connectivity index is 1.10. The Morgan fingerprint density at radius 2 is 1.62 bits per heavy atom. The van der Waals surface area contributed by atoms with Crippen molar-refractivity contribution >= 4 is 18.0 Å². The Bertz CT molecular complexity index is 1070. The van der Waals surface area contributed by atoms with Crippen molar-refractivity contribution in [2.45, 2.75) is 43.8 Å². The van der Waals surface area contributed by atoms with E-state index in [1.807, 2.05) is 24.3 Å². The topological polar surface area (TPSA) is 114 Å². The van der Waals surface area contributed by atoms with Crippen LogP contribution in [0, 0.1) is 5.41 Å². The minimum atomic E-state index is -0.972. The van der Waals surface area contributed by atoms with Gasteiger partial charge in [0.1, 0.15) is 6.61 Å². The number of fused-ring (bicyclic) bond motifs is 3. The molecule has 1 heterocycles. The molecule has 0 spiro atoms. The molecule has 2 atom stereocenters. The number of nitrogens with one attached hydrogen (secondary N) is 2. The fourth-order valence-corrected chi connectivity index (χ4v) is 4.96. The van der Waals surface area contributed by atoms with E-state index in [1.54, 1.807) is 0 Å². The Hall–Kier alpha value is -3.39. The molecule has 5 rings (SSSR count). The van der Waals surface area contributed by atoms with Crippen molar-refractivity contribution in [3.05, 3.63) is 59.7 Å². The number of carbonyl (C=O) groups is 3. The molecule has 8 nitrogen and oxygen atoms in total. The van der Waals surface area contributed by atoms with Crippen molar-refractivity contribution in [2.75, 3.05) is 19.7 Å². The van der Waals surface area contributed by atoms with Crippen LogP contribution >= 0.6 is 0 Å². The number of carbonyl (C=O) groups excluding carboxylic acids is 2. The van der Waals surface area contributed by atoms with Gasteiger partial charge in [0.2, 0.25) is 5.91 Å². The maximum absolute atomic E-state index is 12.7. The highest BCUT2D eigenvalue weighted by Gasteiger charge is 2.50. The molecule has 3 aliphatic rings. The third kappa shape index (κ3) is 4.37. The van der Waals surface area contributed by atoms with Crippen molar-refractivity contribution in [2.24, 2.45) is 5.41 Å². The maximum atomic E-state index is 12.7. The second kappa shape index (κ2) is 9.10. The molecule has 1 saturated carbocycles. The van der Waals surface area contributed by atoms with Gasteiger partial charge in [-0.2, -0.15) is 0 Å². The number of carboxylic acid groups (broad SMARTS) is 1. The standard InChI is InChI=1S/C26H28N2O6/c29-23(30)22-10-9-16(34-22)13-27-24(31)26(11-12-26)15-28-25(32)33-14-21-19-7-3-1-5-17(19)18-6-2-4-8-20(18)21/h1-8,16,21-22H,9-15H2,(H,27,31)(H,28,32)(H,29,30). The molecule has 2 aromatic rings. The molecule has 2 aliphatic carbocycles. The normalized spacial score (nSPS) is 21.9. The van der Waals surface area contributed by atoms with Crippen LogP contribution in [0.1, 0.15) is 42.7 Å². The number of amides is 2. The summed E-state index contributed by atoms with van der Waals surface area (Å²) >= 11 is 0. The van der Waals surface area contributed by atoms with E-state index >= 15 is 0 Å². The van der Waals surface area contributed by atoms with E-state index in [2.05, 4.69) is 34.9 Å². The van der Waals surface area contributed by atoms with E-state index in [0.29, 0.717) is 25.7 Å². The number of alkyl carbamates (subject to hydrolysis) is 1. The molecule has 0 radical (unpaired) electrons. The third-order valence-corrected chi connectivity index (χ3v) is 7.12. The molecule has 0 aromatic heterocycles. The number of hydrogen-bond donors (Lipinski definition) is 3. The van der Waals surface area contributed by atoms with E-state index in [4.69, 9.17) is 14.6 Å². The van der Waals surface area contributed by atoms with Crippen LogP contribution in [0.3, 0.4) is 0 Å². The summed E-state index contributed by atoms with van der Waals surface area (Å²) in [5, 5.41) is 14.6. The molecule has 1 saturated heterocycles. The van der Waals surface area contributed by atoms with Gasteiger partial charge in [-0.25, -0.2) is 9.59 Å². The molecule has 34 heavy (non-hydrogen) atoms. The van der Waals surface area contributed by atoms with E-state index in [0.717, 1.165) is 11.1 Å². The molecule has 2 unspecified atom stereocenters. The predicted molar refractivity (Wildman–Crippen MR) is 123 cm³/mol. The van der Waals surface area contributed by atoms with Gasteiger partial charge in [0.05, 0.1) is 11.5 Å². The lowest BCUT2D eigenvalue weighted by atomic mass is 9.98. The van der Waals surface area contributed by atoms with Crippen LogP contribution in [-0.4, -0.2) is 55.0 Å². The first-order valence-electron chi connectivity index (χ1n) is 11.7. The smallest absolute Gasteiger partial charge is 0.407 e. The summed E-state index contributed by atoms with van der Waals surface area (Å²) in [6, 6.07) is 16.3. The molecule has 3 N–H and O–H groups in total. The zero-order chi connectivity index (χ0) is 23.7. The third-order valence-electron chi connectivity index (χ3n) is 7.12. The highest BCUT2D eigenvalue weighted by molar-refractivity contribution is 5.86. The van der Waals surface area contributed by atoms with E-state index in [9.17, 15) is 14.4 Å². The SMILES string of the molecule is O=C(NCC1(C(=O)NCC2CCC(C(=O)O)O2)CC1)OCC1c2ccccc2-c2ccccc21. The van der Waals surface area contributed by atoms with Crippen LogP contribution in [0.25, 0.3) is 11.1 Å². The highest BCUT2D eigenvalue weighted by atomic mass is 16.5. The van der Waals surface area contributed by atoms with Gasteiger partial charge in [0.15, 0.2) is 6.10 Å². The van der Waals surface area contributed by atoms with Crippen LogP contribution in [-0.2, 0) is 19.1 Å². The summed E-state index contributed by atoms with van der Waals surface area (Å²) in [6.07, 6.45) is 0.789. The van der Waals surface area contributed by atoms with Crippen LogP contribution in [0.2, 0.25) is 0 Å². The molecular formula is C26H28N2O6. The number of carboxylic acids is 1. The molecule has 2 aromatic carbocycles. The van der Waals surface area contributed by atoms with Gasteiger partial charge in [-0.15, -0.1) is 0 Å². The van der Waals surface area contributed by atoms with Crippen molar-refractivity contribution in [1.29, 1.82) is 0 Å². The van der Waals surface area contributed by atoms with Gasteiger partial charge in [-0.1, -0.05) is 48.5 Å². The first kappa shape index (κ1) is 22.4. The average Bonchev–Trinajstić information content (AvgIpc) is 3.37. The minimum Gasteiger partial charge on any atom is -0.479 e. The highest BCUT2D eigenvalue weighted by Crippen LogP contribution is 2.46. The lowest BCUT2D eigenvalue weighted by Crippen LogP contribution is -2.43. The second-order valence-electron chi connectivity index (χ2n) is 9.33. The average molecular weight is 465 g/mol. The fraction of sp³-hybridized carbons (Fsp3) is 0.423. The zero-order valence-electron chi connectivity index (χ0n) is 18.8. The van der Waals surface area contributed by atoms with Crippen molar-refractivity contribution in [3.63, 3.8) is 0 Å². The van der Waals surface area contributed by atoms with Gasteiger partial charge < -0.3 is 25.2 Å². The summed E-state index contributed by atoms with van der Waals surface area (Å²) in [5.41, 5.74) is 4.00. The van der Waals surface area contributed by atoms with Crippen molar-refractivity contribution < 1.29 is 29.0 Å². The largest absolute Gasteiger partial charge is 0.479 e. The van der Waals surface area contributed by atoms with Gasteiger partial charge in [-0.3, -0.25) is 4.79 Å². The number of aliphatic carboxylic acids is 1. The van der Waals surface area contributed by atoms with Crippen molar-refractivity contribution in [3.8, 4) is 11.1 Å². The first-order chi connectivity index (χ1) is 16.5. The van der Waals surface area contributed by atoms with Gasteiger partial charge in [0, 0.05) is 19.0 Å². The second-order valence-corrected chi connectivity index (χ2v) is 9.33. The first-order valence-corrected chi connectivity index (χ1v) is 11.7. The Kier molecular flexibility index (Phi) is 6.00.